The lowest BCUT2D eigenvalue weighted by molar-refractivity contribution is -0.692. The van der Waals surface area contributed by atoms with Gasteiger partial charge in [0.15, 0.2) is 6.54 Å². The maximum absolute atomic E-state index is 12.2. The average Bonchev–Trinajstić information content (AvgIpc) is 2.57. The minimum Gasteiger partial charge on any atom is -0.332 e. The zero-order chi connectivity index (χ0) is 18.2. The number of quaternary nitrogens is 1. The molecular formula is C20H26N3O2+. The van der Waals surface area contributed by atoms with Crippen molar-refractivity contribution >= 4 is 23.2 Å². The first-order valence-corrected chi connectivity index (χ1v) is 8.51. The van der Waals surface area contributed by atoms with E-state index in [9.17, 15) is 9.59 Å². The highest BCUT2D eigenvalue weighted by atomic mass is 16.2. The molecule has 0 spiro atoms. The number of carbonyl (C=O) groups excluding carboxylic acids is 2. The van der Waals surface area contributed by atoms with Gasteiger partial charge in [-0.1, -0.05) is 44.2 Å². The van der Waals surface area contributed by atoms with Gasteiger partial charge in [0, 0.05) is 29.8 Å². The molecule has 0 saturated heterocycles. The van der Waals surface area contributed by atoms with Gasteiger partial charge in [0.1, 0.15) is 6.04 Å². The summed E-state index contributed by atoms with van der Waals surface area (Å²) in [6, 6.07) is 17.6. The highest BCUT2D eigenvalue weighted by Gasteiger charge is 2.20. The summed E-state index contributed by atoms with van der Waals surface area (Å²) in [6.45, 7) is 6.13. The molecule has 0 radical (unpaired) electrons. The van der Waals surface area contributed by atoms with Gasteiger partial charge in [-0.2, -0.15) is 0 Å². The molecule has 0 aliphatic heterocycles. The summed E-state index contributed by atoms with van der Waals surface area (Å²) in [5.41, 5.74) is 2.65. The van der Waals surface area contributed by atoms with Crippen molar-refractivity contribution in [2.45, 2.75) is 26.8 Å². The first-order chi connectivity index (χ1) is 12.0. The highest BCUT2D eigenvalue weighted by Crippen LogP contribution is 2.17. The summed E-state index contributed by atoms with van der Waals surface area (Å²) in [6.07, 6.45) is 0. The van der Waals surface area contributed by atoms with E-state index < -0.39 is 0 Å². The molecule has 4 N–H and O–H groups in total. The van der Waals surface area contributed by atoms with Crippen LogP contribution in [0.5, 0.6) is 0 Å². The first kappa shape index (κ1) is 18.7. The number of hydrogen-bond donors (Lipinski definition) is 3. The van der Waals surface area contributed by atoms with Crippen LogP contribution in [0.4, 0.5) is 11.4 Å². The van der Waals surface area contributed by atoms with E-state index in [1.54, 1.807) is 24.3 Å². The molecule has 132 valence electrons. The maximum atomic E-state index is 12.2. The van der Waals surface area contributed by atoms with Crippen LogP contribution >= 0.6 is 0 Å². The van der Waals surface area contributed by atoms with Crippen LogP contribution < -0.4 is 16.0 Å². The molecule has 0 unspecified atom stereocenters. The fraction of sp³-hybridized carbons (Fsp3) is 0.300. The summed E-state index contributed by atoms with van der Waals surface area (Å²) in [5.74, 6) is 0.257. The van der Waals surface area contributed by atoms with Crippen molar-refractivity contribution in [2.75, 3.05) is 17.2 Å². The number of hydrogen-bond acceptors (Lipinski definition) is 2. The van der Waals surface area contributed by atoms with Crippen molar-refractivity contribution in [3.63, 3.8) is 0 Å². The molecule has 2 aromatic carbocycles. The molecule has 0 bridgehead atoms. The van der Waals surface area contributed by atoms with Crippen molar-refractivity contribution in [2.24, 2.45) is 5.92 Å². The molecule has 0 saturated carbocycles. The Morgan fingerprint density at radius 1 is 0.920 bits per heavy atom. The van der Waals surface area contributed by atoms with Crippen LogP contribution in [0.15, 0.2) is 54.6 Å². The van der Waals surface area contributed by atoms with Crippen molar-refractivity contribution in [1.82, 2.24) is 0 Å². The molecule has 0 aliphatic carbocycles. The SMILES string of the molecule is CC(=O)Nc1ccc(NC(=O)C[NH2+][C@H](c2ccccc2)C(C)C)cc1. The van der Waals surface area contributed by atoms with E-state index in [-0.39, 0.29) is 17.9 Å². The summed E-state index contributed by atoms with van der Waals surface area (Å²) in [4.78, 5) is 23.2. The standard InChI is InChI=1S/C20H25N3O2/c1-14(2)20(16-7-5-4-6-8-16)21-13-19(25)23-18-11-9-17(10-12-18)22-15(3)24/h4-12,14,20-21H,13H2,1-3H3,(H,22,24)(H,23,25)/p+1/t20-/m0/s1. The third kappa shape index (κ3) is 6.04. The Hall–Kier alpha value is -2.66. The zero-order valence-electron chi connectivity index (χ0n) is 15.0. The third-order valence-electron chi connectivity index (χ3n) is 3.95. The second-order valence-corrected chi connectivity index (χ2v) is 6.43. The fourth-order valence-corrected chi connectivity index (χ4v) is 2.75. The number of amides is 2. The van der Waals surface area contributed by atoms with E-state index in [1.807, 2.05) is 18.2 Å². The predicted octanol–water partition coefficient (Wildman–Crippen LogP) is 2.54. The Bertz CT molecular complexity index is 697. The van der Waals surface area contributed by atoms with Crippen LogP contribution in [-0.2, 0) is 9.59 Å². The van der Waals surface area contributed by atoms with E-state index in [2.05, 4.69) is 41.9 Å². The summed E-state index contributed by atoms with van der Waals surface area (Å²) in [5, 5.41) is 7.65. The lowest BCUT2D eigenvalue weighted by Gasteiger charge is -2.19. The highest BCUT2D eigenvalue weighted by molar-refractivity contribution is 5.92. The Labute approximate surface area is 148 Å². The minimum atomic E-state index is -0.118. The van der Waals surface area contributed by atoms with Gasteiger partial charge in [0.2, 0.25) is 5.91 Å². The van der Waals surface area contributed by atoms with Gasteiger partial charge in [-0.05, 0) is 24.3 Å². The summed E-state index contributed by atoms with van der Waals surface area (Å²) < 4.78 is 0. The zero-order valence-corrected chi connectivity index (χ0v) is 15.0. The second-order valence-electron chi connectivity index (χ2n) is 6.43. The van der Waals surface area contributed by atoms with Gasteiger partial charge in [0.05, 0.1) is 0 Å². The first-order valence-electron chi connectivity index (χ1n) is 8.51. The second kappa shape index (κ2) is 8.99. The van der Waals surface area contributed by atoms with Gasteiger partial charge < -0.3 is 16.0 Å². The van der Waals surface area contributed by atoms with Gasteiger partial charge in [0.25, 0.3) is 5.91 Å². The van der Waals surface area contributed by atoms with Crippen LogP contribution in [0.25, 0.3) is 0 Å². The molecule has 2 rings (SSSR count). The van der Waals surface area contributed by atoms with E-state index in [0.29, 0.717) is 23.8 Å². The van der Waals surface area contributed by atoms with E-state index in [4.69, 9.17) is 0 Å². The lowest BCUT2D eigenvalue weighted by atomic mass is 9.96. The van der Waals surface area contributed by atoms with Crippen molar-refractivity contribution < 1.29 is 14.9 Å². The number of rotatable bonds is 7. The van der Waals surface area contributed by atoms with E-state index >= 15 is 0 Å². The maximum Gasteiger partial charge on any atom is 0.279 e. The van der Waals surface area contributed by atoms with Crippen molar-refractivity contribution in [3.05, 3.63) is 60.2 Å². The van der Waals surface area contributed by atoms with Gasteiger partial charge in [-0.3, -0.25) is 9.59 Å². The molecule has 5 nitrogen and oxygen atoms in total. The fourth-order valence-electron chi connectivity index (χ4n) is 2.75. The largest absolute Gasteiger partial charge is 0.332 e. The quantitative estimate of drug-likeness (QED) is 0.724. The normalized spacial score (nSPS) is 11.8. The molecule has 0 aliphatic rings. The Morgan fingerprint density at radius 3 is 2.00 bits per heavy atom. The molecule has 2 aromatic rings. The molecule has 5 heteroatoms. The molecule has 0 heterocycles. The molecule has 0 fully saturated rings. The van der Waals surface area contributed by atoms with Crippen LogP contribution in [0, 0.1) is 5.92 Å². The lowest BCUT2D eigenvalue weighted by Crippen LogP contribution is -2.88. The van der Waals surface area contributed by atoms with E-state index in [0.717, 1.165) is 0 Å². The Morgan fingerprint density at radius 2 is 1.48 bits per heavy atom. The van der Waals surface area contributed by atoms with Crippen molar-refractivity contribution in [3.8, 4) is 0 Å². The minimum absolute atomic E-state index is 0.0474. The molecule has 25 heavy (non-hydrogen) atoms. The molecule has 1 atom stereocenters. The van der Waals surface area contributed by atoms with Crippen LogP contribution in [0.2, 0.25) is 0 Å². The summed E-state index contributed by atoms with van der Waals surface area (Å²) in [7, 11) is 0. The molecular weight excluding hydrogens is 314 g/mol. The van der Waals surface area contributed by atoms with Crippen LogP contribution in [0.3, 0.4) is 0 Å². The Balaban J connectivity index is 1.90. The molecule has 0 aromatic heterocycles. The van der Waals surface area contributed by atoms with Crippen molar-refractivity contribution in [1.29, 1.82) is 0 Å². The number of carbonyl (C=O) groups is 2. The van der Waals surface area contributed by atoms with Gasteiger partial charge in [-0.15, -0.1) is 0 Å². The van der Waals surface area contributed by atoms with Gasteiger partial charge in [-0.25, -0.2) is 0 Å². The number of nitrogens with two attached hydrogens (primary N) is 1. The van der Waals surface area contributed by atoms with E-state index in [1.165, 1.54) is 12.5 Å². The monoisotopic (exact) mass is 340 g/mol. The number of nitrogens with one attached hydrogen (secondary N) is 2. The third-order valence-corrected chi connectivity index (χ3v) is 3.95. The average molecular weight is 340 g/mol. The predicted molar refractivity (Wildman–Crippen MR) is 100 cm³/mol. The Kier molecular flexibility index (Phi) is 6.71. The van der Waals surface area contributed by atoms with Gasteiger partial charge >= 0.3 is 0 Å². The number of benzene rings is 2. The number of anilines is 2. The van der Waals surface area contributed by atoms with Crippen LogP contribution in [-0.4, -0.2) is 18.4 Å². The van der Waals surface area contributed by atoms with Crippen LogP contribution in [0.1, 0.15) is 32.4 Å². The smallest absolute Gasteiger partial charge is 0.279 e. The molecule has 2 amide bonds. The topological polar surface area (TPSA) is 74.8 Å². The summed E-state index contributed by atoms with van der Waals surface area (Å²) >= 11 is 0.